The summed E-state index contributed by atoms with van der Waals surface area (Å²) in [6.07, 6.45) is 1.38. The number of halogens is 1. The Hall–Kier alpha value is -3.40. The SMILES string of the molecule is O=C(Cn1nc(-c2ccco2)oc1=O)Nc1cc([N+](=O)[O-])ccc1Cl. The normalized spacial score (nSPS) is 10.6. The monoisotopic (exact) mass is 364 g/mol. The van der Waals surface area contributed by atoms with Crippen molar-refractivity contribution < 1.29 is 18.6 Å². The van der Waals surface area contributed by atoms with E-state index in [0.29, 0.717) is 0 Å². The maximum atomic E-state index is 12.1. The molecule has 2 aromatic heterocycles. The van der Waals surface area contributed by atoms with Crippen molar-refractivity contribution in [3.05, 3.63) is 62.3 Å². The Morgan fingerprint density at radius 2 is 2.20 bits per heavy atom. The molecule has 25 heavy (non-hydrogen) atoms. The molecule has 0 bridgehead atoms. The largest absolute Gasteiger partial charge is 0.459 e. The van der Waals surface area contributed by atoms with Crippen LogP contribution in [-0.2, 0) is 11.3 Å². The van der Waals surface area contributed by atoms with Crippen molar-refractivity contribution in [2.45, 2.75) is 6.54 Å². The predicted molar refractivity (Wildman–Crippen MR) is 85.2 cm³/mol. The van der Waals surface area contributed by atoms with Crippen molar-refractivity contribution >= 4 is 28.9 Å². The first-order valence-corrected chi connectivity index (χ1v) is 7.17. The van der Waals surface area contributed by atoms with Crippen LogP contribution in [0.2, 0.25) is 5.02 Å². The van der Waals surface area contributed by atoms with E-state index in [-0.39, 0.29) is 28.0 Å². The summed E-state index contributed by atoms with van der Waals surface area (Å²) in [6.45, 7) is -0.470. The summed E-state index contributed by atoms with van der Waals surface area (Å²) in [5.41, 5.74) is -0.193. The minimum absolute atomic E-state index is 0.0451. The molecule has 0 radical (unpaired) electrons. The van der Waals surface area contributed by atoms with Gasteiger partial charge in [0.2, 0.25) is 5.91 Å². The number of hydrogen-bond acceptors (Lipinski definition) is 7. The summed E-state index contributed by atoms with van der Waals surface area (Å²) < 4.78 is 10.7. The van der Waals surface area contributed by atoms with E-state index >= 15 is 0 Å². The second-order valence-electron chi connectivity index (χ2n) is 4.78. The van der Waals surface area contributed by atoms with E-state index in [4.69, 9.17) is 20.4 Å². The first-order chi connectivity index (χ1) is 11.9. The van der Waals surface area contributed by atoms with Crippen molar-refractivity contribution in [3.63, 3.8) is 0 Å². The predicted octanol–water partition coefficient (Wildman–Crippen LogP) is 2.30. The van der Waals surface area contributed by atoms with Gasteiger partial charge in [-0.05, 0) is 18.2 Å². The molecule has 3 rings (SSSR count). The minimum atomic E-state index is -0.855. The van der Waals surface area contributed by atoms with Crippen LogP contribution in [0.3, 0.4) is 0 Å². The van der Waals surface area contributed by atoms with E-state index in [9.17, 15) is 19.7 Å². The Labute approximate surface area is 143 Å². The van der Waals surface area contributed by atoms with Gasteiger partial charge in [0.05, 0.1) is 21.9 Å². The molecule has 0 spiro atoms. The first-order valence-electron chi connectivity index (χ1n) is 6.79. The van der Waals surface area contributed by atoms with Crippen LogP contribution >= 0.6 is 11.6 Å². The van der Waals surface area contributed by atoms with Gasteiger partial charge in [0.15, 0.2) is 5.76 Å². The van der Waals surface area contributed by atoms with Gasteiger partial charge in [-0.3, -0.25) is 14.9 Å². The molecule has 1 aromatic carbocycles. The highest BCUT2D eigenvalue weighted by molar-refractivity contribution is 6.33. The zero-order chi connectivity index (χ0) is 18.0. The molecule has 0 aliphatic rings. The molecule has 0 aliphatic carbocycles. The fraction of sp³-hybridized carbons (Fsp3) is 0.0714. The Bertz CT molecular complexity index is 991. The van der Waals surface area contributed by atoms with Crippen LogP contribution < -0.4 is 11.1 Å². The van der Waals surface area contributed by atoms with Gasteiger partial charge in [-0.25, -0.2) is 4.79 Å². The third-order valence-electron chi connectivity index (χ3n) is 3.07. The van der Waals surface area contributed by atoms with Gasteiger partial charge in [0.25, 0.3) is 11.6 Å². The van der Waals surface area contributed by atoms with Gasteiger partial charge in [-0.15, -0.1) is 5.10 Å². The molecule has 1 N–H and O–H groups in total. The number of furan rings is 1. The van der Waals surface area contributed by atoms with Gasteiger partial charge < -0.3 is 14.2 Å². The lowest BCUT2D eigenvalue weighted by Gasteiger charge is -2.06. The number of benzene rings is 1. The average Bonchev–Trinajstić information content (AvgIpc) is 3.20. The highest BCUT2D eigenvalue weighted by Crippen LogP contribution is 2.26. The van der Waals surface area contributed by atoms with Crippen LogP contribution in [0.1, 0.15) is 0 Å². The molecule has 0 saturated heterocycles. The summed E-state index contributed by atoms with van der Waals surface area (Å²) in [6, 6.07) is 6.73. The maximum absolute atomic E-state index is 12.1. The lowest BCUT2D eigenvalue weighted by atomic mass is 10.3. The third-order valence-corrected chi connectivity index (χ3v) is 3.40. The van der Waals surface area contributed by atoms with Gasteiger partial charge in [0, 0.05) is 12.1 Å². The summed E-state index contributed by atoms with van der Waals surface area (Å²) in [4.78, 5) is 33.9. The van der Waals surface area contributed by atoms with Gasteiger partial charge in [0.1, 0.15) is 6.54 Å². The fourth-order valence-corrected chi connectivity index (χ4v) is 2.12. The van der Waals surface area contributed by atoms with Crippen molar-refractivity contribution in [2.75, 3.05) is 5.32 Å². The van der Waals surface area contributed by atoms with E-state index in [2.05, 4.69) is 10.4 Å². The number of nitro benzene ring substituents is 1. The van der Waals surface area contributed by atoms with Gasteiger partial charge in [-0.2, -0.15) is 4.68 Å². The van der Waals surface area contributed by atoms with Crippen LogP contribution in [0.5, 0.6) is 0 Å². The molecule has 1 amide bonds. The van der Waals surface area contributed by atoms with Crippen LogP contribution in [0.4, 0.5) is 11.4 Å². The van der Waals surface area contributed by atoms with Crippen molar-refractivity contribution in [2.24, 2.45) is 0 Å². The first kappa shape index (κ1) is 16.5. The standard InChI is InChI=1S/C14H9ClN4O6/c15-9-4-3-8(19(22)23)6-10(9)16-12(20)7-18-14(21)25-13(17-18)11-2-1-5-24-11/h1-6H,7H2,(H,16,20). The number of carbonyl (C=O) groups excluding carboxylic acids is 1. The van der Waals surface area contributed by atoms with Gasteiger partial charge in [-0.1, -0.05) is 11.6 Å². The van der Waals surface area contributed by atoms with E-state index < -0.39 is 23.1 Å². The number of nitro groups is 1. The van der Waals surface area contributed by atoms with Crippen LogP contribution in [0, 0.1) is 10.1 Å². The molecule has 3 aromatic rings. The Morgan fingerprint density at radius 3 is 2.88 bits per heavy atom. The Balaban J connectivity index is 1.76. The lowest BCUT2D eigenvalue weighted by Crippen LogP contribution is -2.26. The number of nitrogens with one attached hydrogen (secondary N) is 1. The molecule has 128 valence electrons. The summed E-state index contributed by atoms with van der Waals surface area (Å²) in [5.74, 6) is -1.36. The Kier molecular flexibility index (Phi) is 4.35. The Morgan fingerprint density at radius 1 is 1.40 bits per heavy atom. The summed E-state index contributed by atoms with van der Waals surface area (Å²) in [5, 5.41) is 17.1. The van der Waals surface area contributed by atoms with E-state index in [1.54, 1.807) is 12.1 Å². The second-order valence-corrected chi connectivity index (χ2v) is 5.18. The van der Waals surface area contributed by atoms with Gasteiger partial charge >= 0.3 is 5.76 Å². The number of rotatable bonds is 5. The average molecular weight is 365 g/mol. The van der Waals surface area contributed by atoms with Crippen molar-refractivity contribution in [1.29, 1.82) is 0 Å². The highest BCUT2D eigenvalue weighted by atomic mass is 35.5. The van der Waals surface area contributed by atoms with E-state index in [0.717, 1.165) is 10.7 Å². The molecule has 2 heterocycles. The molecule has 0 aliphatic heterocycles. The number of hydrogen-bond donors (Lipinski definition) is 1. The highest BCUT2D eigenvalue weighted by Gasteiger charge is 2.17. The fourth-order valence-electron chi connectivity index (χ4n) is 1.95. The van der Waals surface area contributed by atoms with Crippen LogP contribution in [0.25, 0.3) is 11.7 Å². The lowest BCUT2D eigenvalue weighted by molar-refractivity contribution is -0.384. The van der Waals surface area contributed by atoms with Crippen LogP contribution in [-0.4, -0.2) is 20.6 Å². The number of nitrogens with zero attached hydrogens (tertiary/aromatic N) is 3. The molecule has 0 fully saturated rings. The minimum Gasteiger partial charge on any atom is -0.459 e. The third kappa shape index (κ3) is 3.58. The molecule has 11 heteroatoms. The summed E-state index contributed by atoms with van der Waals surface area (Å²) in [7, 11) is 0. The number of aromatic nitrogens is 2. The quantitative estimate of drug-likeness (QED) is 0.542. The maximum Gasteiger partial charge on any atom is 0.437 e. The molecule has 0 unspecified atom stereocenters. The molecule has 0 saturated carbocycles. The number of non-ortho nitro benzene ring substituents is 1. The van der Waals surface area contributed by atoms with E-state index in [1.807, 2.05) is 0 Å². The number of carbonyl (C=O) groups is 1. The molecule has 0 atom stereocenters. The second kappa shape index (κ2) is 6.61. The van der Waals surface area contributed by atoms with E-state index in [1.165, 1.54) is 18.4 Å². The molecule has 10 nitrogen and oxygen atoms in total. The molecular formula is C14H9ClN4O6. The van der Waals surface area contributed by atoms with Crippen molar-refractivity contribution in [3.8, 4) is 11.7 Å². The number of amides is 1. The molecular weight excluding hydrogens is 356 g/mol. The smallest absolute Gasteiger partial charge is 0.437 e. The zero-order valence-corrected chi connectivity index (χ0v) is 13.1. The topological polar surface area (TPSA) is 133 Å². The van der Waals surface area contributed by atoms with Crippen molar-refractivity contribution in [1.82, 2.24) is 9.78 Å². The number of anilines is 1. The zero-order valence-electron chi connectivity index (χ0n) is 12.3. The van der Waals surface area contributed by atoms with Crippen LogP contribution in [0.15, 0.2) is 50.2 Å². The summed E-state index contributed by atoms with van der Waals surface area (Å²) >= 11 is 5.90.